The number of imidazole rings is 2. The molecule has 10 nitrogen and oxygen atoms in total. The van der Waals surface area contributed by atoms with Gasteiger partial charge in [-0.05, 0) is 95.5 Å². The summed E-state index contributed by atoms with van der Waals surface area (Å²) in [6.45, 7) is 1.47. The van der Waals surface area contributed by atoms with Crippen LogP contribution in [0, 0.1) is 0 Å². The third-order valence-electron chi connectivity index (χ3n) is 10.5. The van der Waals surface area contributed by atoms with Crippen LogP contribution in [-0.4, -0.2) is 64.6 Å². The fraction of sp³-hybridized carbons (Fsp3) is 0.238. The molecule has 52 heavy (non-hydrogen) atoms. The highest BCUT2D eigenvalue weighted by atomic mass is 16.2. The molecule has 2 aliphatic heterocycles. The highest BCUT2D eigenvalue weighted by molar-refractivity contribution is 5.85. The summed E-state index contributed by atoms with van der Waals surface area (Å²) in [4.78, 5) is 55.6. The van der Waals surface area contributed by atoms with Crippen LogP contribution in [-0.2, 0) is 22.4 Å². The van der Waals surface area contributed by atoms with Crippen LogP contribution in [0.25, 0.3) is 44.3 Å². The predicted molar refractivity (Wildman–Crippen MR) is 200 cm³/mol. The van der Waals surface area contributed by atoms with Crippen molar-refractivity contribution >= 4 is 33.9 Å². The Morgan fingerprint density at radius 1 is 0.596 bits per heavy atom. The predicted octanol–water partition coefficient (Wildman–Crippen LogP) is 7.38. The first-order valence-corrected chi connectivity index (χ1v) is 18.0. The number of benzene rings is 3. The second-order valence-corrected chi connectivity index (χ2v) is 13.9. The molecule has 0 unspecified atom stereocenters. The van der Waals surface area contributed by atoms with E-state index in [9.17, 15) is 9.59 Å². The second kappa shape index (κ2) is 13.5. The van der Waals surface area contributed by atoms with Gasteiger partial charge in [0.05, 0.1) is 47.0 Å². The van der Waals surface area contributed by atoms with Crippen LogP contribution in [0.15, 0.2) is 110 Å². The van der Waals surface area contributed by atoms with Crippen LogP contribution in [0.2, 0.25) is 0 Å². The minimum absolute atomic E-state index is 0.0559. The Morgan fingerprint density at radius 2 is 1.04 bits per heavy atom. The molecule has 10 heteroatoms. The van der Waals surface area contributed by atoms with Gasteiger partial charge in [-0.3, -0.25) is 19.6 Å². The molecule has 0 saturated carbocycles. The maximum Gasteiger partial charge on any atom is 0.227 e. The van der Waals surface area contributed by atoms with Gasteiger partial charge in [0.25, 0.3) is 0 Å². The third-order valence-corrected chi connectivity index (χ3v) is 10.5. The SMILES string of the molecule is O=C(Cc1cccnc1)N1CCC[C@@H]1c1nc2ccc(-c3ccc(-c4ccc5nc([C@@H]6CCCN6C(=O)Cc6cccnc6)[nH]c5c4)cc3)cc2[nH]1. The first-order valence-electron chi connectivity index (χ1n) is 18.0. The van der Waals surface area contributed by atoms with Crippen molar-refractivity contribution in [2.75, 3.05) is 13.1 Å². The van der Waals surface area contributed by atoms with Crippen molar-refractivity contribution in [1.82, 2.24) is 39.7 Å². The number of pyridine rings is 2. The average Bonchev–Trinajstić information content (AvgIpc) is 4.00. The molecule has 2 aliphatic rings. The van der Waals surface area contributed by atoms with E-state index < -0.39 is 0 Å². The minimum atomic E-state index is -0.0559. The summed E-state index contributed by atoms with van der Waals surface area (Å²) >= 11 is 0. The number of hydrogen-bond acceptors (Lipinski definition) is 6. The number of nitrogens with zero attached hydrogens (tertiary/aromatic N) is 6. The fourth-order valence-electron chi connectivity index (χ4n) is 7.85. The topological polar surface area (TPSA) is 124 Å². The van der Waals surface area contributed by atoms with Crippen LogP contribution in [0.1, 0.15) is 60.5 Å². The molecule has 0 aliphatic carbocycles. The summed E-state index contributed by atoms with van der Waals surface area (Å²) in [7, 11) is 0. The van der Waals surface area contributed by atoms with E-state index in [0.29, 0.717) is 12.8 Å². The van der Waals surface area contributed by atoms with Gasteiger partial charge in [-0.25, -0.2) is 9.97 Å². The molecule has 2 N–H and O–H groups in total. The second-order valence-electron chi connectivity index (χ2n) is 13.9. The Bertz CT molecular complexity index is 2220. The summed E-state index contributed by atoms with van der Waals surface area (Å²) in [5.74, 6) is 1.89. The molecule has 2 amide bonds. The van der Waals surface area contributed by atoms with Crippen molar-refractivity contribution in [2.45, 2.75) is 50.6 Å². The van der Waals surface area contributed by atoms with Gasteiger partial charge in [0.15, 0.2) is 0 Å². The molecule has 6 heterocycles. The van der Waals surface area contributed by atoms with Gasteiger partial charge in [-0.15, -0.1) is 0 Å². The summed E-state index contributed by atoms with van der Waals surface area (Å²) in [5.41, 5.74) is 9.97. The lowest BCUT2D eigenvalue weighted by molar-refractivity contribution is -0.132. The number of carbonyl (C=O) groups excluding carboxylic acids is 2. The first-order chi connectivity index (χ1) is 25.6. The van der Waals surface area contributed by atoms with Crippen LogP contribution in [0.4, 0.5) is 0 Å². The van der Waals surface area contributed by atoms with Crippen molar-refractivity contribution in [3.05, 3.63) is 132 Å². The zero-order valence-corrected chi connectivity index (χ0v) is 28.7. The van der Waals surface area contributed by atoms with Crippen LogP contribution in [0.5, 0.6) is 0 Å². The summed E-state index contributed by atoms with van der Waals surface area (Å²) in [6, 6.07) is 28.7. The van der Waals surface area contributed by atoms with E-state index in [4.69, 9.17) is 9.97 Å². The van der Waals surface area contributed by atoms with E-state index in [1.54, 1.807) is 24.8 Å². The number of rotatable bonds is 8. The molecular formula is C42H38N8O2. The summed E-state index contributed by atoms with van der Waals surface area (Å²) in [6.07, 6.45) is 11.4. The van der Waals surface area contributed by atoms with E-state index in [0.717, 1.165) is 106 Å². The van der Waals surface area contributed by atoms with Gasteiger partial charge >= 0.3 is 0 Å². The van der Waals surface area contributed by atoms with Crippen LogP contribution < -0.4 is 0 Å². The Hall–Kier alpha value is -6.16. The zero-order valence-electron chi connectivity index (χ0n) is 28.7. The van der Waals surface area contributed by atoms with Gasteiger partial charge < -0.3 is 19.8 Å². The number of carbonyl (C=O) groups is 2. The number of aromatic nitrogens is 6. The lowest BCUT2D eigenvalue weighted by Crippen LogP contribution is -2.32. The van der Waals surface area contributed by atoms with Crippen LogP contribution in [0.3, 0.4) is 0 Å². The number of H-pyrrole nitrogens is 2. The number of nitrogens with one attached hydrogen (secondary N) is 2. The normalized spacial score (nSPS) is 17.4. The van der Waals surface area contributed by atoms with Gasteiger partial charge in [-0.1, -0.05) is 48.5 Å². The van der Waals surface area contributed by atoms with Crippen molar-refractivity contribution in [1.29, 1.82) is 0 Å². The van der Waals surface area contributed by atoms with Crippen molar-refractivity contribution in [3.8, 4) is 22.3 Å². The number of likely N-dealkylation sites (tertiary alicyclic amines) is 2. The molecule has 0 spiro atoms. The monoisotopic (exact) mass is 686 g/mol. The van der Waals surface area contributed by atoms with E-state index >= 15 is 0 Å². The standard InChI is InChI=1S/C42H38N8O2/c51-39(21-27-5-1-17-43-25-27)49-19-3-7-37(49)41-45-33-15-13-31(23-35(33)47-41)29-9-11-30(12-10-29)32-14-16-34-36(24-32)48-42(46-34)38-8-4-20-50(38)40(52)22-28-6-2-18-44-26-28/h1-2,5-6,9-18,23-26,37-38H,3-4,7-8,19-22H2,(H,45,47)(H,46,48)/t37-,38+. The first kappa shape index (κ1) is 31.8. The lowest BCUT2D eigenvalue weighted by atomic mass is 10.00. The molecular weight excluding hydrogens is 649 g/mol. The largest absolute Gasteiger partial charge is 0.340 e. The van der Waals surface area contributed by atoms with Gasteiger partial charge in [0, 0.05) is 37.9 Å². The van der Waals surface area contributed by atoms with Crippen molar-refractivity contribution in [3.63, 3.8) is 0 Å². The molecule has 0 bridgehead atoms. The van der Waals surface area contributed by atoms with Gasteiger partial charge in [0.1, 0.15) is 11.6 Å². The number of amides is 2. The number of fused-ring (bicyclic) bond motifs is 2. The summed E-state index contributed by atoms with van der Waals surface area (Å²) < 4.78 is 0. The van der Waals surface area contributed by atoms with E-state index in [2.05, 4.69) is 80.6 Å². The van der Waals surface area contributed by atoms with Gasteiger partial charge in [0.2, 0.25) is 11.8 Å². The van der Waals surface area contributed by atoms with E-state index in [1.807, 2.05) is 34.1 Å². The fourth-order valence-corrected chi connectivity index (χ4v) is 7.85. The third kappa shape index (κ3) is 6.21. The molecule has 3 aromatic carbocycles. The zero-order chi connectivity index (χ0) is 35.0. The average molecular weight is 687 g/mol. The molecule has 0 radical (unpaired) electrons. The maximum absolute atomic E-state index is 13.2. The Labute approximate surface area is 301 Å². The lowest BCUT2D eigenvalue weighted by Gasteiger charge is -2.23. The van der Waals surface area contributed by atoms with E-state index in [-0.39, 0.29) is 23.9 Å². The highest BCUT2D eigenvalue weighted by Gasteiger charge is 2.33. The molecule has 4 aromatic heterocycles. The molecule has 2 atom stereocenters. The number of aromatic amines is 2. The number of hydrogen-bond donors (Lipinski definition) is 2. The van der Waals surface area contributed by atoms with Gasteiger partial charge in [-0.2, -0.15) is 0 Å². The summed E-state index contributed by atoms with van der Waals surface area (Å²) in [5, 5.41) is 0. The smallest absolute Gasteiger partial charge is 0.227 e. The van der Waals surface area contributed by atoms with Crippen LogP contribution >= 0.6 is 0 Å². The Balaban J connectivity index is 0.902. The van der Waals surface area contributed by atoms with Crippen molar-refractivity contribution in [2.24, 2.45) is 0 Å². The highest BCUT2D eigenvalue weighted by Crippen LogP contribution is 2.35. The van der Waals surface area contributed by atoms with E-state index in [1.165, 1.54) is 0 Å². The Kier molecular flexibility index (Phi) is 8.27. The molecule has 258 valence electrons. The quantitative estimate of drug-likeness (QED) is 0.172. The molecule has 7 aromatic rings. The van der Waals surface area contributed by atoms with Crippen molar-refractivity contribution < 1.29 is 9.59 Å². The molecule has 2 saturated heterocycles. The maximum atomic E-state index is 13.2. The minimum Gasteiger partial charge on any atom is -0.340 e. The Morgan fingerprint density at radius 3 is 1.46 bits per heavy atom. The molecule has 9 rings (SSSR count). The molecule has 2 fully saturated rings.